The first-order valence-corrected chi connectivity index (χ1v) is 18.5. The fraction of sp³-hybridized carbons (Fsp3) is 0.571. The van der Waals surface area contributed by atoms with Gasteiger partial charge in [0, 0.05) is 11.1 Å². The highest BCUT2D eigenvalue weighted by atomic mass is 16.7. The SMILES string of the molecule is CCCCCCCCCCC=C(C=O)C(OCOCOC(C(C=O)=CCCCCCCCCCC)c1ccccc1)c1ccccc1. The predicted octanol–water partition coefficient (Wildman–Crippen LogP) is 11.7. The number of carbonyl (C=O) groups is 2. The van der Waals surface area contributed by atoms with E-state index >= 15 is 0 Å². The molecule has 0 saturated carbocycles. The van der Waals surface area contributed by atoms with Crippen LogP contribution in [-0.4, -0.2) is 26.2 Å². The molecule has 2 rings (SSSR count). The molecule has 2 aromatic rings. The van der Waals surface area contributed by atoms with Crippen LogP contribution in [0.3, 0.4) is 0 Å². The third kappa shape index (κ3) is 18.3. The summed E-state index contributed by atoms with van der Waals surface area (Å²) in [5, 5.41) is 0. The van der Waals surface area contributed by atoms with Gasteiger partial charge < -0.3 is 14.2 Å². The smallest absolute Gasteiger partial charge is 0.150 e. The molecule has 2 atom stereocenters. The van der Waals surface area contributed by atoms with Crippen LogP contribution in [0.5, 0.6) is 0 Å². The van der Waals surface area contributed by atoms with Gasteiger partial charge in [0.05, 0.1) is 0 Å². The summed E-state index contributed by atoms with van der Waals surface area (Å²) in [7, 11) is 0. The first-order chi connectivity index (χ1) is 23.2. The second-order valence-electron chi connectivity index (χ2n) is 12.5. The highest BCUT2D eigenvalue weighted by molar-refractivity contribution is 5.75. The van der Waals surface area contributed by atoms with Crippen LogP contribution < -0.4 is 0 Å². The van der Waals surface area contributed by atoms with Gasteiger partial charge in [0.15, 0.2) is 13.6 Å². The summed E-state index contributed by atoms with van der Waals surface area (Å²) in [6.45, 7) is 4.38. The lowest BCUT2D eigenvalue weighted by atomic mass is 10.00. The van der Waals surface area contributed by atoms with Gasteiger partial charge in [0.25, 0.3) is 0 Å². The minimum Gasteiger partial charge on any atom is -0.343 e. The number of aldehydes is 2. The Kier molecular flexibility index (Phi) is 24.2. The Morgan fingerprint density at radius 2 is 0.851 bits per heavy atom. The van der Waals surface area contributed by atoms with Crippen LogP contribution in [0, 0.1) is 0 Å². The molecule has 5 heteroatoms. The maximum atomic E-state index is 12.2. The van der Waals surface area contributed by atoms with Crippen molar-refractivity contribution in [3.63, 3.8) is 0 Å². The lowest BCUT2D eigenvalue weighted by Gasteiger charge is -2.21. The minimum atomic E-state index is -0.523. The molecular weight excluding hydrogens is 584 g/mol. The number of hydrogen-bond acceptors (Lipinski definition) is 5. The van der Waals surface area contributed by atoms with Crippen LogP contribution in [0.15, 0.2) is 84.0 Å². The van der Waals surface area contributed by atoms with Gasteiger partial charge in [-0.2, -0.15) is 0 Å². The maximum absolute atomic E-state index is 12.2. The highest BCUT2D eigenvalue weighted by Gasteiger charge is 2.19. The molecule has 0 bridgehead atoms. The van der Waals surface area contributed by atoms with Crippen molar-refractivity contribution >= 4 is 12.6 Å². The molecule has 0 N–H and O–H groups in total. The van der Waals surface area contributed by atoms with E-state index in [-0.39, 0.29) is 13.6 Å². The molecule has 0 spiro atoms. The summed E-state index contributed by atoms with van der Waals surface area (Å²) in [4.78, 5) is 24.3. The van der Waals surface area contributed by atoms with Crippen LogP contribution in [-0.2, 0) is 23.8 Å². The van der Waals surface area contributed by atoms with E-state index in [0.29, 0.717) is 11.1 Å². The molecule has 0 radical (unpaired) electrons. The van der Waals surface area contributed by atoms with E-state index in [9.17, 15) is 9.59 Å². The van der Waals surface area contributed by atoms with Crippen LogP contribution >= 0.6 is 0 Å². The largest absolute Gasteiger partial charge is 0.343 e. The third-order valence-corrected chi connectivity index (χ3v) is 8.59. The minimum absolute atomic E-state index is 0.0532. The second-order valence-corrected chi connectivity index (χ2v) is 12.5. The van der Waals surface area contributed by atoms with Gasteiger partial charge in [0.1, 0.15) is 24.8 Å². The Morgan fingerprint density at radius 3 is 1.19 bits per heavy atom. The second kappa shape index (κ2) is 28.2. The van der Waals surface area contributed by atoms with Crippen molar-refractivity contribution in [1.29, 1.82) is 0 Å². The Balaban J connectivity index is 1.90. The number of rotatable bonds is 30. The molecule has 0 aromatic heterocycles. The molecular formula is C42H62O5. The van der Waals surface area contributed by atoms with Crippen molar-refractivity contribution in [3.05, 3.63) is 95.1 Å². The molecule has 2 unspecified atom stereocenters. The van der Waals surface area contributed by atoms with E-state index < -0.39 is 12.2 Å². The quantitative estimate of drug-likeness (QED) is 0.0366. The number of carbonyl (C=O) groups excluding carboxylic acids is 2. The lowest BCUT2D eigenvalue weighted by Crippen LogP contribution is -2.15. The lowest BCUT2D eigenvalue weighted by molar-refractivity contribution is -0.157. The van der Waals surface area contributed by atoms with Gasteiger partial charge in [-0.3, -0.25) is 9.59 Å². The normalized spacial score (nSPS) is 13.4. The molecule has 5 nitrogen and oxygen atoms in total. The van der Waals surface area contributed by atoms with Crippen molar-refractivity contribution < 1.29 is 23.8 Å². The van der Waals surface area contributed by atoms with Crippen LogP contribution in [0.1, 0.15) is 153 Å². The summed E-state index contributed by atoms with van der Waals surface area (Å²) in [5.74, 6) is 0. The monoisotopic (exact) mass is 646 g/mol. The van der Waals surface area contributed by atoms with Crippen molar-refractivity contribution in [1.82, 2.24) is 0 Å². The summed E-state index contributed by atoms with van der Waals surface area (Å²) < 4.78 is 18.1. The zero-order valence-electron chi connectivity index (χ0n) is 29.4. The molecule has 47 heavy (non-hydrogen) atoms. The molecule has 2 aromatic carbocycles. The predicted molar refractivity (Wildman–Crippen MR) is 194 cm³/mol. The van der Waals surface area contributed by atoms with E-state index in [2.05, 4.69) is 13.8 Å². The fourth-order valence-electron chi connectivity index (χ4n) is 5.82. The molecule has 0 fully saturated rings. The van der Waals surface area contributed by atoms with Crippen molar-refractivity contribution in [2.75, 3.05) is 13.6 Å². The van der Waals surface area contributed by atoms with Gasteiger partial charge >= 0.3 is 0 Å². The third-order valence-electron chi connectivity index (χ3n) is 8.59. The number of ether oxygens (including phenoxy) is 3. The Bertz CT molecular complexity index is 1010. The summed E-state index contributed by atoms with van der Waals surface area (Å²) in [5.41, 5.74) is 3.03. The molecule has 0 heterocycles. The van der Waals surface area contributed by atoms with E-state index in [1.807, 2.05) is 72.8 Å². The first-order valence-electron chi connectivity index (χ1n) is 18.5. The van der Waals surface area contributed by atoms with Gasteiger partial charge in [-0.15, -0.1) is 0 Å². The number of allylic oxidation sites excluding steroid dienone is 2. The van der Waals surface area contributed by atoms with Gasteiger partial charge in [-0.05, 0) is 36.8 Å². The number of benzene rings is 2. The van der Waals surface area contributed by atoms with Crippen molar-refractivity contribution in [2.24, 2.45) is 0 Å². The Morgan fingerprint density at radius 1 is 0.511 bits per heavy atom. The zero-order chi connectivity index (χ0) is 33.6. The summed E-state index contributed by atoms with van der Waals surface area (Å²) >= 11 is 0. The average Bonchev–Trinajstić information content (AvgIpc) is 3.11. The van der Waals surface area contributed by atoms with E-state index in [0.717, 1.165) is 49.4 Å². The van der Waals surface area contributed by atoms with E-state index in [1.165, 1.54) is 89.9 Å². The molecule has 0 aliphatic heterocycles. The van der Waals surface area contributed by atoms with Gasteiger partial charge in [-0.25, -0.2) is 0 Å². The topological polar surface area (TPSA) is 61.8 Å². The molecule has 260 valence electrons. The molecule has 0 aliphatic carbocycles. The standard InChI is InChI=1S/C42H62O5/c1-3-5-7-9-11-13-15-17-21-31-39(33-43)41(37-27-23-19-24-28-37)46-35-45-36-47-42(38-29-25-20-26-30-38)40(34-44)32-22-18-16-14-12-10-8-6-4-2/h19-20,23-34,41-42H,3-18,21-22,35-36H2,1-2H3. The molecule has 0 saturated heterocycles. The Labute approximate surface area is 286 Å². The van der Waals surface area contributed by atoms with Crippen LogP contribution in [0.25, 0.3) is 0 Å². The highest BCUT2D eigenvalue weighted by Crippen LogP contribution is 2.27. The maximum Gasteiger partial charge on any atom is 0.150 e. The summed E-state index contributed by atoms with van der Waals surface area (Å²) in [6.07, 6.45) is 26.5. The van der Waals surface area contributed by atoms with Crippen molar-refractivity contribution in [3.8, 4) is 0 Å². The Hall–Kier alpha value is -2.86. The molecule has 0 amide bonds. The van der Waals surface area contributed by atoms with Crippen LogP contribution in [0.2, 0.25) is 0 Å². The van der Waals surface area contributed by atoms with E-state index in [4.69, 9.17) is 14.2 Å². The van der Waals surface area contributed by atoms with Gasteiger partial charge in [0.2, 0.25) is 0 Å². The van der Waals surface area contributed by atoms with Gasteiger partial charge in [-0.1, -0.05) is 177 Å². The fourth-order valence-corrected chi connectivity index (χ4v) is 5.82. The number of unbranched alkanes of at least 4 members (excludes halogenated alkanes) is 16. The molecule has 0 aliphatic rings. The first kappa shape index (κ1) is 40.3. The zero-order valence-corrected chi connectivity index (χ0v) is 29.4. The van der Waals surface area contributed by atoms with E-state index in [1.54, 1.807) is 0 Å². The van der Waals surface area contributed by atoms with Crippen molar-refractivity contribution in [2.45, 2.75) is 142 Å². The number of hydrogen-bond donors (Lipinski definition) is 0. The van der Waals surface area contributed by atoms with Crippen LogP contribution in [0.4, 0.5) is 0 Å². The summed E-state index contributed by atoms with van der Waals surface area (Å²) in [6, 6.07) is 19.6. The average molecular weight is 647 g/mol.